The number of unbranched alkanes of at least 4 members (excludes halogenated alkanes) is 1. The van der Waals surface area contributed by atoms with Crippen molar-refractivity contribution in [3.8, 4) is 11.8 Å². The number of rotatable bonds is 8. The minimum atomic E-state index is 0.131. The molecule has 0 saturated heterocycles. The highest BCUT2D eigenvalue weighted by atomic mass is 16.2. The molecule has 116 valence electrons. The van der Waals surface area contributed by atoms with E-state index in [-0.39, 0.29) is 6.61 Å². The van der Waals surface area contributed by atoms with E-state index < -0.39 is 0 Å². The first-order chi connectivity index (χ1) is 10.2. The summed E-state index contributed by atoms with van der Waals surface area (Å²) < 4.78 is 0. The molecule has 0 aliphatic carbocycles. The molecule has 0 fully saturated rings. The van der Waals surface area contributed by atoms with Crippen LogP contribution in [0.15, 0.2) is 24.3 Å². The quantitative estimate of drug-likeness (QED) is 0.735. The first kappa shape index (κ1) is 17.8. The van der Waals surface area contributed by atoms with Gasteiger partial charge in [-0.15, -0.1) is 0 Å². The SMILES string of the molecule is CCCCN(Cc1ccc(C#CCCO)cc1)C(C)CC. The predicted molar refractivity (Wildman–Crippen MR) is 90.1 cm³/mol. The van der Waals surface area contributed by atoms with Gasteiger partial charge in [0.1, 0.15) is 0 Å². The molecule has 0 aromatic heterocycles. The molecule has 2 nitrogen and oxygen atoms in total. The van der Waals surface area contributed by atoms with Gasteiger partial charge in [0.05, 0.1) is 6.61 Å². The van der Waals surface area contributed by atoms with Gasteiger partial charge < -0.3 is 5.11 Å². The van der Waals surface area contributed by atoms with Crippen molar-refractivity contribution in [1.29, 1.82) is 0 Å². The molecule has 1 atom stereocenters. The maximum absolute atomic E-state index is 8.73. The molecule has 0 spiro atoms. The number of hydrogen-bond donors (Lipinski definition) is 1. The Morgan fingerprint density at radius 1 is 1.19 bits per heavy atom. The lowest BCUT2D eigenvalue weighted by atomic mass is 10.1. The van der Waals surface area contributed by atoms with Crippen LogP contribution < -0.4 is 0 Å². The number of benzene rings is 1. The van der Waals surface area contributed by atoms with E-state index in [0.717, 1.165) is 12.1 Å². The van der Waals surface area contributed by atoms with Gasteiger partial charge in [-0.05, 0) is 44.0 Å². The number of aliphatic hydroxyl groups excluding tert-OH is 1. The zero-order chi connectivity index (χ0) is 15.5. The van der Waals surface area contributed by atoms with Gasteiger partial charge >= 0.3 is 0 Å². The standard InChI is InChI=1S/C19H29NO/c1-4-6-14-20(17(3)5-2)16-19-12-10-18(11-13-19)9-7-8-15-21/h10-13,17,21H,4-6,8,14-16H2,1-3H3. The van der Waals surface area contributed by atoms with Crippen LogP contribution >= 0.6 is 0 Å². The Bertz CT molecular complexity index is 441. The lowest BCUT2D eigenvalue weighted by Crippen LogP contribution is -2.33. The molecule has 0 radical (unpaired) electrons. The molecule has 1 N–H and O–H groups in total. The van der Waals surface area contributed by atoms with Crippen LogP contribution in [0.5, 0.6) is 0 Å². The summed E-state index contributed by atoms with van der Waals surface area (Å²) in [6, 6.07) is 9.12. The Hall–Kier alpha value is -1.30. The smallest absolute Gasteiger partial charge is 0.0540 e. The lowest BCUT2D eigenvalue weighted by Gasteiger charge is -2.28. The third-order valence-corrected chi connectivity index (χ3v) is 3.82. The van der Waals surface area contributed by atoms with Gasteiger partial charge in [0.25, 0.3) is 0 Å². The zero-order valence-corrected chi connectivity index (χ0v) is 13.7. The molecular weight excluding hydrogens is 258 g/mol. The van der Waals surface area contributed by atoms with E-state index in [1.165, 1.54) is 31.4 Å². The summed E-state index contributed by atoms with van der Waals surface area (Å²) in [5, 5.41) is 8.73. The first-order valence-electron chi connectivity index (χ1n) is 8.14. The molecular formula is C19H29NO. The van der Waals surface area contributed by atoms with Crippen molar-refractivity contribution in [2.24, 2.45) is 0 Å². The Morgan fingerprint density at radius 3 is 2.48 bits per heavy atom. The van der Waals surface area contributed by atoms with Gasteiger partial charge in [0.2, 0.25) is 0 Å². The molecule has 1 unspecified atom stereocenters. The molecule has 0 aliphatic rings. The fraction of sp³-hybridized carbons (Fsp3) is 0.579. The molecule has 0 bridgehead atoms. The van der Waals surface area contributed by atoms with Crippen LogP contribution in [0.4, 0.5) is 0 Å². The fourth-order valence-electron chi connectivity index (χ4n) is 2.22. The van der Waals surface area contributed by atoms with E-state index in [1.807, 2.05) is 0 Å². The fourth-order valence-corrected chi connectivity index (χ4v) is 2.22. The van der Waals surface area contributed by atoms with E-state index in [0.29, 0.717) is 12.5 Å². The normalized spacial score (nSPS) is 12.0. The van der Waals surface area contributed by atoms with Crippen molar-refractivity contribution in [3.05, 3.63) is 35.4 Å². The van der Waals surface area contributed by atoms with Gasteiger partial charge in [-0.1, -0.05) is 44.2 Å². The zero-order valence-electron chi connectivity index (χ0n) is 13.7. The molecule has 0 aliphatic heterocycles. The lowest BCUT2D eigenvalue weighted by molar-refractivity contribution is 0.192. The van der Waals surface area contributed by atoms with Crippen LogP contribution in [0.1, 0.15) is 57.6 Å². The minimum Gasteiger partial charge on any atom is -0.395 e. The molecule has 2 heteroatoms. The first-order valence-corrected chi connectivity index (χ1v) is 8.14. The Kier molecular flexibility index (Phi) is 8.82. The highest BCUT2D eigenvalue weighted by molar-refractivity contribution is 5.36. The largest absolute Gasteiger partial charge is 0.395 e. The molecule has 0 amide bonds. The van der Waals surface area contributed by atoms with Crippen LogP contribution in [-0.2, 0) is 6.54 Å². The second-order valence-electron chi connectivity index (χ2n) is 5.55. The summed E-state index contributed by atoms with van der Waals surface area (Å²) in [4.78, 5) is 2.57. The van der Waals surface area contributed by atoms with Gasteiger partial charge in [-0.3, -0.25) is 4.90 Å². The van der Waals surface area contributed by atoms with E-state index in [9.17, 15) is 0 Å². The molecule has 0 saturated carbocycles. The summed E-state index contributed by atoms with van der Waals surface area (Å²) in [6.07, 6.45) is 4.23. The Morgan fingerprint density at radius 2 is 1.90 bits per heavy atom. The summed E-state index contributed by atoms with van der Waals surface area (Å²) in [5.74, 6) is 6.03. The highest BCUT2D eigenvalue weighted by Gasteiger charge is 2.11. The van der Waals surface area contributed by atoms with E-state index in [1.54, 1.807) is 0 Å². The molecule has 1 rings (SSSR count). The van der Waals surface area contributed by atoms with Gasteiger partial charge in [-0.2, -0.15) is 0 Å². The summed E-state index contributed by atoms with van der Waals surface area (Å²) in [6.45, 7) is 9.12. The molecule has 1 aromatic rings. The van der Waals surface area contributed by atoms with Crippen molar-refractivity contribution in [2.75, 3.05) is 13.2 Å². The van der Waals surface area contributed by atoms with Gasteiger partial charge in [0.15, 0.2) is 0 Å². The van der Waals surface area contributed by atoms with Crippen LogP contribution in [-0.4, -0.2) is 29.2 Å². The number of nitrogens with zero attached hydrogens (tertiary/aromatic N) is 1. The van der Waals surface area contributed by atoms with Gasteiger partial charge in [0, 0.05) is 24.6 Å². The van der Waals surface area contributed by atoms with Crippen molar-refractivity contribution in [3.63, 3.8) is 0 Å². The summed E-state index contributed by atoms with van der Waals surface area (Å²) in [7, 11) is 0. The van der Waals surface area contributed by atoms with Crippen LogP contribution in [0.25, 0.3) is 0 Å². The number of hydrogen-bond acceptors (Lipinski definition) is 2. The second kappa shape index (κ2) is 10.4. The molecule has 21 heavy (non-hydrogen) atoms. The van der Waals surface area contributed by atoms with Crippen molar-refractivity contribution >= 4 is 0 Å². The second-order valence-corrected chi connectivity index (χ2v) is 5.55. The van der Waals surface area contributed by atoms with Gasteiger partial charge in [-0.25, -0.2) is 0 Å². The van der Waals surface area contributed by atoms with E-state index >= 15 is 0 Å². The molecule has 1 aromatic carbocycles. The van der Waals surface area contributed by atoms with Crippen LogP contribution in [0.3, 0.4) is 0 Å². The van der Waals surface area contributed by atoms with Crippen LogP contribution in [0.2, 0.25) is 0 Å². The average molecular weight is 287 g/mol. The van der Waals surface area contributed by atoms with Crippen molar-refractivity contribution in [2.45, 2.75) is 59.0 Å². The van der Waals surface area contributed by atoms with Crippen molar-refractivity contribution < 1.29 is 5.11 Å². The highest BCUT2D eigenvalue weighted by Crippen LogP contribution is 2.12. The summed E-state index contributed by atoms with van der Waals surface area (Å²) >= 11 is 0. The maximum atomic E-state index is 8.73. The third kappa shape index (κ3) is 6.80. The Labute approximate surface area is 130 Å². The average Bonchev–Trinajstić information content (AvgIpc) is 2.52. The van der Waals surface area contributed by atoms with Crippen molar-refractivity contribution in [1.82, 2.24) is 4.90 Å². The topological polar surface area (TPSA) is 23.5 Å². The maximum Gasteiger partial charge on any atom is 0.0540 e. The third-order valence-electron chi connectivity index (χ3n) is 3.82. The monoisotopic (exact) mass is 287 g/mol. The molecule has 0 heterocycles. The van der Waals surface area contributed by atoms with E-state index in [2.05, 4.69) is 61.8 Å². The number of aliphatic hydroxyl groups is 1. The Balaban J connectivity index is 2.65. The summed E-state index contributed by atoms with van der Waals surface area (Å²) in [5.41, 5.74) is 2.37. The van der Waals surface area contributed by atoms with Crippen LogP contribution in [0, 0.1) is 11.8 Å². The minimum absolute atomic E-state index is 0.131. The van der Waals surface area contributed by atoms with E-state index in [4.69, 9.17) is 5.11 Å². The predicted octanol–water partition coefficient (Wildman–Crippen LogP) is 3.82.